The zero-order valence-electron chi connectivity index (χ0n) is 7.96. The van der Waals surface area contributed by atoms with Crippen LogP contribution in [0.5, 0.6) is 0 Å². The minimum Gasteiger partial charge on any atom is -0.392 e. The molecule has 0 aliphatic heterocycles. The largest absolute Gasteiger partial charge is 0.392 e. The highest BCUT2D eigenvalue weighted by atomic mass is 16.3. The number of rotatable bonds is 2. The average Bonchev–Trinajstić information content (AvgIpc) is 2.10. The maximum absolute atomic E-state index is 8.34. The Morgan fingerprint density at radius 2 is 1.83 bits per heavy atom. The minimum absolute atomic E-state index is 0.122. The molecule has 0 unspecified atom stereocenters. The van der Waals surface area contributed by atoms with Gasteiger partial charge in [-0.3, -0.25) is 11.7 Å². The van der Waals surface area contributed by atoms with E-state index < -0.39 is 0 Å². The highest BCUT2D eigenvalue weighted by molar-refractivity contribution is 4.97. The van der Waals surface area contributed by atoms with Crippen LogP contribution in [0.4, 0.5) is 0 Å². The molecule has 0 aliphatic carbocycles. The first-order valence-corrected chi connectivity index (χ1v) is 3.59. The van der Waals surface area contributed by atoms with Crippen molar-refractivity contribution in [3.8, 4) is 0 Å². The van der Waals surface area contributed by atoms with E-state index >= 15 is 0 Å². The lowest BCUT2D eigenvalue weighted by Gasteiger charge is -1.88. The molecule has 0 bridgehead atoms. The topological polar surface area (TPSA) is 98.3 Å². The van der Waals surface area contributed by atoms with Crippen LogP contribution in [0.3, 0.4) is 0 Å². The van der Waals surface area contributed by atoms with E-state index in [4.69, 9.17) is 10.8 Å². The Morgan fingerprint density at radius 3 is 1.92 bits per heavy atom. The van der Waals surface area contributed by atoms with E-state index in [1.54, 1.807) is 12.2 Å². The zero-order valence-corrected chi connectivity index (χ0v) is 7.96. The molecule has 0 atom stereocenters. The van der Waals surface area contributed by atoms with Crippen molar-refractivity contribution in [1.82, 2.24) is 0 Å². The van der Waals surface area contributed by atoms with Crippen LogP contribution in [0, 0.1) is 0 Å². The smallest absolute Gasteiger partial charge is 0.0639 e. The molecule has 0 aromatic carbocycles. The highest BCUT2D eigenvalue weighted by Crippen LogP contribution is 1.84. The lowest BCUT2D eigenvalue weighted by molar-refractivity contribution is 0.331. The van der Waals surface area contributed by atoms with E-state index in [0.29, 0.717) is 6.54 Å². The van der Waals surface area contributed by atoms with Crippen LogP contribution in [0.15, 0.2) is 24.3 Å². The first-order valence-electron chi connectivity index (χ1n) is 3.59. The van der Waals surface area contributed by atoms with Gasteiger partial charge in [-0.05, 0) is 13.8 Å². The summed E-state index contributed by atoms with van der Waals surface area (Å²) in [5.41, 5.74) is 6.05. The molecule has 7 N–H and O–H groups in total. The van der Waals surface area contributed by atoms with Crippen molar-refractivity contribution < 1.29 is 5.11 Å². The fourth-order valence-corrected chi connectivity index (χ4v) is 0.266. The molecular formula is C8H21N3O. The summed E-state index contributed by atoms with van der Waals surface area (Å²) in [6, 6.07) is 0. The van der Waals surface area contributed by atoms with Crippen molar-refractivity contribution in [3.05, 3.63) is 24.3 Å². The third kappa shape index (κ3) is 34.6. The molecule has 74 valence electrons. The molecule has 0 aromatic rings. The van der Waals surface area contributed by atoms with Crippen LogP contribution in [0.2, 0.25) is 0 Å². The number of hydrogen-bond donors (Lipinski definition) is 4. The SMILES string of the molecule is C/C(=C/CN)CO.C=CC.NN. The maximum atomic E-state index is 8.34. The predicted molar refractivity (Wildman–Crippen MR) is 54.1 cm³/mol. The van der Waals surface area contributed by atoms with Gasteiger partial charge in [0.25, 0.3) is 0 Å². The number of nitrogens with two attached hydrogens (primary N) is 3. The number of allylic oxidation sites excluding steroid dienone is 1. The summed E-state index contributed by atoms with van der Waals surface area (Å²) in [6.07, 6.45) is 3.54. The van der Waals surface area contributed by atoms with E-state index in [2.05, 4.69) is 18.3 Å². The van der Waals surface area contributed by atoms with Gasteiger partial charge in [-0.2, -0.15) is 0 Å². The van der Waals surface area contributed by atoms with Gasteiger partial charge >= 0.3 is 0 Å². The molecule has 0 saturated heterocycles. The summed E-state index contributed by atoms with van der Waals surface area (Å²) in [7, 11) is 0. The summed E-state index contributed by atoms with van der Waals surface area (Å²) in [6.45, 7) is 7.73. The molecule has 0 saturated carbocycles. The van der Waals surface area contributed by atoms with Crippen molar-refractivity contribution in [1.29, 1.82) is 0 Å². The second-order valence-corrected chi connectivity index (χ2v) is 1.85. The third-order valence-corrected chi connectivity index (χ3v) is 0.716. The Labute approximate surface area is 74.7 Å². The quantitative estimate of drug-likeness (QED) is 0.267. The van der Waals surface area contributed by atoms with Gasteiger partial charge in [0.15, 0.2) is 0 Å². The molecule has 12 heavy (non-hydrogen) atoms. The summed E-state index contributed by atoms with van der Waals surface area (Å²) in [4.78, 5) is 0. The molecular weight excluding hydrogens is 154 g/mol. The molecule has 0 amide bonds. The van der Waals surface area contributed by atoms with Gasteiger partial charge in [0.1, 0.15) is 0 Å². The van der Waals surface area contributed by atoms with Crippen LogP contribution in [0.25, 0.3) is 0 Å². The van der Waals surface area contributed by atoms with Gasteiger partial charge in [-0.15, -0.1) is 6.58 Å². The Kier molecular flexibility index (Phi) is 32.6. The minimum atomic E-state index is 0.122. The van der Waals surface area contributed by atoms with Crippen LogP contribution in [-0.4, -0.2) is 18.3 Å². The van der Waals surface area contributed by atoms with E-state index in [0.717, 1.165) is 5.57 Å². The lowest BCUT2D eigenvalue weighted by atomic mass is 10.3. The Bertz CT molecular complexity index is 102. The first kappa shape index (κ1) is 17.4. The van der Waals surface area contributed by atoms with Crippen LogP contribution >= 0.6 is 0 Å². The van der Waals surface area contributed by atoms with Gasteiger partial charge in [-0.1, -0.05) is 17.7 Å². The van der Waals surface area contributed by atoms with Crippen LogP contribution in [-0.2, 0) is 0 Å². The standard InChI is InChI=1S/C5H11NO.C3H6.H4N2/c1-5(4-7)2-3-6;1-3-2;1-2/h2,7H,3-4,6H2,1H3;3H,1H2,2H3;1-2H2/b5-2-;;. The van der Waals surface area contributed by atoms with Crippen molar-refractivity contribution in [2.45, 2.75) is 13.8 Å². The molecule has 0 aliphatic rings. The fraction of sp³-hybridized carbons (Fsp3) is 0.500. The Balaban J connectivity index is -0.000000137. The van der Waals surface area contributed by atoms with Crippen LogP contribution < -0.4 is 17.4 Å². The van der Waals surface area contributed by atoms with Crippen molar-refractivity contribution in [3.63, 3.8) is 0 Å². The Hall–Kier alpha value is -0.680. The monoisotopic (exact) mass is 175 g/mol. The van der Waals surface area contributed by atoms with Crippen molar-refractivity contribution in [2.75, 3.05) is 13.2 Å². The number of hydrazine groups is 1. The van der Waals surface area contributed by atoms with Crippen LogP contribution in [0.1, 0.15) is 13.8 Å². The maximum Gasteiger partial charge on any atom is 0.0639 e. The lowest BCUT2D eigenvalue weighted by Crippen LogP contribution is -2.02. The van der Waals surface area contributed by atoms with Crippen molar-refractivity contribution >= 4 is 0 Å². The number of aliphatic hydroxyl groups is 1. The Morgan fingerprint density at radius 1 is 1.50 bits per heavy atom. The summed E-state index contributed by atoms with van der Waals surface area (Å²) < 4.78 is 0. The normalized spacial score (nSPS) is 8.67. The average molecular weight is 175 g/mol. The van der Waals surface area contributed by atoms with Gasteiger partial charge in [0.2, 0.25) is 0 Å². The third-order valence-electron chi connectivity index (χ3n) is 0.716. The molecule has 0 heterocycles. The van der Waals surface area contributed by atoms with Gasteiger partial charge in [-0.25, -0.2) is 0 Å². The zero-order chi connectivity index (χ0) is 10.4. The second kappa shape index (κ2) is 22.4. The highest BCUT2D eigenvalue weighted by Gasteiger charge is 1.78. The summed E-state index contributed by atoms with van der Waals surface area (Å²) in [5, 5.41) is 8.34. The summed E-state index contributed by atoms with van der Waals surface area (Å²) >= 11 is 0. The molecule has 4 nitrogen and oxygen atoms in total. The second-order valence-electron chi connectivity index (χ2n) is 1.85. The fourth-order valence-electron chi connectivity index (χ4n) is 0.266. The molecule has 0 fully saturated rings. The predicted octanol–water partition coefficient (Wildman–Crippen LogP) is -0.105. The van der Waals surface area contributed by atoms with Gasteiger partial charge in [0, 0.05) is 6.54 Å². The van der Waals surface area contributed by atoms with Gasteiger partial charge in [0.05, 0.1) is 6.61 Å². The number of aliphatic hydroxyl groups excluding tert-OH is 1. The molecule has 0 aromatic heterocycles. The molecule has 0 spiro atoms. The van der Waals surface area contributed by atoms with Gasteiger partial charge < -0.3 is 10.8 Å². The number of hydrogen-bond acceptors (Lipinski definition) is 4. The molecule has 0 radical (unpaired) electrons. The molecule has 0 rings (SSSR count). The molecule has 4 heteroatoms. The van der Waals surface area contributed by atoms with E-state index in [9.17, 15) is 0 Å². The van der Waals surface area contributed by atoms with Crippen molar-refractivity contribution in [2.24, 2.45) is 17.4 Å². The summed E-state index contributed by atoms with van der Waals surface area (Å²) in [5.74, 6) is 8.00. The van der Waals surface area contributed by atoms with E-state index in [1.165, 1.54) is 0 Å². The first-order chi connectivity index (χ1) is 5.72. The van der Waals surface area contributed by atoms with E-state index in [-0.39, 0.29) is 6.61 Å². The van der Waals surface area contributed by atoms with E-state index in [1.807, 2.05) is 13.8 Å².